The van der Waals surface area contributed by atoms with Gasteiger partial charge in [-0.05, 0) is 0 Å². The first-order valence-corrected chi connectivity index (χ1v) is 5.34. The molecule has 88 valence electrons. The number of nitrogens with zero attached hydrogens (tertiary/aromatic N) is 5. The van der Waals surface area contributed by atoms with Gasteiger partial charge in [-0.25, -0.2) is 9.97 Å². The van der Waals surface area contributed by atoms with Crippen molar-refractivity contribution in [2.75, 3.05) is 0 Å². The molecule has 19 heavy (non-hydrogen) atoms. The fraction of sp³-hybridized carbons (Fsp3) is 0. The molecular weight excluding hydrogens is 242 g/mol. The van der Waals surface area contributed by atoms with Crippen LogP contribution in [0.3, 0.4) is 0 Å². The maximum Gasteiger partial charge on any atom is 0.177 e. The zero-order valence-corrected chi connectivity index (χ0v) is 9.49. The highest BCUT2D eigenvalue weighted by Crippen LogP contribution is 2.34. The first kappa shape index (κ1) is 10.9. The van der Waals surface area contributed by atoms with Crippen LogP contribution in [-0.2, 0) is 0 Å². The van der Waals surface area contributed by atoms with Gasteiger partial charge in [0.05, 0.1) is 0 Å². The van der Waals surface area contributed by atoms with Crippen molar-refractivity contribution in [3.8, 4) is 23.4 Å². The summed E-state index contributed by atoms with van der Waals surface area (Å²) < 4.78 is 0. The van der Waals surface area contributed by atoms with Gasteiger partial charge in [-0.2, -0.15) is 10.5 Å². The number of benzene rings is 1. The topological polar surface area (TPSA) is 106 Å². The van der Waals surface area contributed by atoms with Crippen molar-refractivity contribution in [1.82, 2.24) is 9.97 Å². The third kappa shape index (κ3) is 1.38. The van der Waals surface area contributed by atoms with Gasteiger partial charge in [0.2, 0.25) is 0 Å². The van der Waals surface area contributed by atoms with E-state index in [9.17, 15) is 0 Å². The molecular formula is C13H5N5O. The van der Waals surface area contributed by atoms with E-state index in [4.69, 9.17) is 15.7 Å². The smallest absolute Gasteiger partial charge is 0.177 e. The summed E-state index contributed by atoms with van der Waals surface area (Å²) in [6.45, 7) is 0. The number of hydrogen-bond acceptors (Lipinski definition) is 6. The molecule has 0 saturated heterocycles. The molecule has 1 aliphatic carbocycles. The monoisotopic (exact) mass is 247 g/mol. The first-order valence-electron chi connectivity index (χ1n) is 5.34. The van der Waals surface area contributed by atoms with Gasteiger partial charge in [-0.3, -0.25) is 0 Å². The van der Waals surface area contributed by atoms with Gasteiger partial charge in [0.15, 0.2) is 11.4 Å². The Morgan fingerprint density at radius 1 is 0.947 bits per heavy atom. The maximum absolute atomic E-state index is 9.12. The summed E-state index contributed by atoms with van der Waals surface area (Å²) >= 11 is 0. The van der Waals surface area contributed by atoms with Crippen LogP contribution in [0.15, 0.2) is 29.4 Å². The van der Waals surface area contributed by atoms with E-state index in [1.807, 2.05) is 18.2 Å². The number of hydrogen-bond donors (Lipinski definition) is 1. The zero-order chi connectivity index (χ0) is 13.4. The third-order valence-electron chi connectivity index (χ3n) is 2.87. The van der Waals surface area contributed by atoms with E-state index in [0.29, 0.717) is 17.0 Å². The van der Waals surface area contributed by atoms with E-state index in [2.05, 4.69) is 15.1 Å². The van der Waals surface area contributed by atoms with Crippen molar-refractivity contribution in [1.29, 1.82) is 10.5 Å². The van der Waals surface area contributed by atoms with Crippen molar-refractivity contribution in [2.45, 2.75) is 0 Å². The molecule has 0 unspecified atom stereocenters. The summed E-state index contributed by atoms with van der Waals surface area (Å²) in [6, 6.07) is 10.8. The normalized spacial score (nSPS) is 13.5. The molecule has 1 aromatic heterocycles. The summed E-state index contributed by atoms with van der Waals surface area (Å²) in [5, 5.41) is 30.3. The van der Waals surface area contributed by atoms with Gasteiger partial charge in [0.1, 0.15) is 29.2 Å². The van der Waals surface area contributed by atoms with E-state index < -0.39 is 0 Å². The number of oxime groups is 1. The average molecular weight is 247 g/mol. The molecule has 1 N–H and O–H groups in total. The van der Waals surface area contributed by atoms with Crippen LogP contribution in [0, 0.1) is 22.7 Å². The fourth-order valence-corrected chi connectivity index (χ4v) is 2.07. The predicted octanol–water partition coefficient (Wildman–Crippen LogP) is 1.43. The molecule has 1 aromatic carbocycles. The van der Waals surface area contributed by atoms with Crippen LogP contribution in [0.25, 0.3) is 11.3 Å². The number of fused-ring (bicyclic) bond motifs is 3. The highest BCUT2D eigenvalue weighted by molar-refractivity contribution is 6.22. The minimum Gasteiger partial charge on any atom is -0.410 e. The molecule has 0 amide bonds. The number of aromatic nitrogens is 2. The van der Waals surface area contributed by atoms with Crippen molar-refractivity contribution in [3.05, 3.63) is 46.9 Å². The molecule has 0 bridgehead atoms. The lowest BCUT2D eigenvalue weighted by atomic mass is 10.1. The third-order valence-corrected chi connectivity index (χ3v) is 2.87. The highest BCUT2D eigenvalue weighted by Gasteiger charge is 2.29. The molecule has 1 heterocycles. The number of nitriles is 2. The molecule has 2 aromatic rings. The van der Waals surface area contributed by atoms with Gasteiger partial charge in [0.25, 0.3) is 0 Å². The highest BCUT2D eigenvalue weighted by atomic mass is 16.4. The van der Waals surface area contributed by atoms with E-state index in [1.54, 1.807) is 18.2 Å². The van der Waals surface area contributed by atoms with Crippen LogP contribution in [0.4, 0.5) is 0 Å². The van der Waals surface area contributed by atoms with Crippen molar-refractivity contribution >= 4 is 5.71 Å². The Bertz CT molecular complexity index is 811. The molecule has 0 radical (unpaired) electrons. The van der Waals surface area contributed by atoms with Crippen LogP contribution in [0.5, 0.6) is 0 Å². The Kier molecular flexibility index (Phi) is 2.23. The molecule has 0 fully saturated rings. The predicted molar refractivity (Wildman–Crippen MR) is 64.3 cm³/mol. The minimum absolute atomic E-state index is 0.0322. The van der Waals surface area contributed by atoms with Crippen molar-refractivity contribution in [3.63, 3.8) is 0 Å². The SMILES string of the molecule is N#Cc1nc2c(nc1C#N)-c1ccccc1C2=NO. The number of rotatable bonds is 0. The van der Waals surface area contributed by atoms with Gasteiger partial charge in [-0.1, -0.05) is 29.4 Å². The molecule has 0 aliphatic heterocycles. The second-order valence-electron chi connectivity index (χ2n) is 3.84. The standard InChI is InChI=1S/C13H5N5O/c14-5-9-10(6-15)17-13-11(16-9)7-3-1-2-4-8(7)12(13)18-19/h1-4,19H. The lowest BCUT2D eigenvalue weighted by Gasteiger charge is -2.00. The summed E-state index contributed by atoms with van der Waals surface area (Å²) in [5.41, 5.74) is 2.35. The van der Waals surface area contributed by atoms with Crippen LogP contribution in [-0.4, -0.2) is 20.9 Å². The average Bonchev–Trinajstić information content (AvgIpc) is 2.78. The van der Waals surface area contributed by atoms with Gasteiger partial charge >= 0.3 is 0 Å². The van der Waals surface area contributed by atoms with Crippen LogP contribution in [0.2, 0.25) is 0 Å². The summed E-state index contributed by atoms with van der Waals surface area (Å²) in [6.07, 6.45) is 0. The second kappa shape index (κ2) is 3.90. The molecule has 1 aliphatic rings. The van der Waals surface area contributed by atoms with E-state index in [0.717, 1.165) is 5.56 Å². The Morgan fingerprint density at radius 2 is 1.53 bits per heavy atom. The van der Waals surface area contributed by atoms with Gasteiger partial charge < -0.3 is 5.21 Å². The lowest BCUT2D eigenvalue weighted by Crippen LogP contribution is -2.05. The Morgan fingerprint density at radius 3 is 2.11 bits per heavy atom. The fourth-order valence-electron chi connectivity index (χ4n) is 2.07. The van der Waals surface area contributed by atoms with Gasteiger partial charge in [-0.15, -0.1) is 0 Å². The molecule has 6 heteroatoms. The molecule has 0 spiro atoms. The first-order chi connectivity index (χ1) is 9.30. The lowest BCUT2D eigenvalue weighted by molar-refractivity contribution is 0.319. The molecule has 0 saturated carbocycles. The van der Waals surface area contributed by atoms with Crippen LogP contribution >= 0.6 is 0 Å². The van der Waals surface area contributed by atoms with Crippen LogP contribution in [0.1, 0.15) is 22.6 Å². The largest absolute Gasteiger partial charge is 0.410 e. The van der Waals surface area contributed by atoms with Crippen LogP contribution < -0.4 is 0 Å². The van der Waals surface area contributed by atoms with E-state index >= 15 is 0 Å². The summed E-state index contributed by atoms with van der Waals surface area (Å²) in [7, 11) is 0. The quantitative estimate of drug-likeness (QED) is 0.477. The van der Waals surface area contributed by atoms with Gasteiger partial charge in [0, 0.05) is 11.1 Å². The molecule has 6 nitrogen and oxygen atoms in total. The van der Waals surface area contributed by atoms with Crippen molar-refractivity contribution in [2.24, 2.45) is 5.16 Å². The summed E-state index contributed by atoms with van der Waals surface area (Å²) in [4.78, 5) is 8.22. The summed E-state index contributed by atoms with van der Waals surface area (Å²) in [5.74, 6) is 0. The van der Waals surface area contributed by atoms with Crippen molar-refractivity contribution < 1.29 is 5.21 Å². The Labute approximate surface area is 107 Å². The maximum atomic E-state index is 9.12. The van der Waals surface area contributed by atoms with E-state index in [1.165, 1.54) is 0 Å². The zero-order valence-electron chi connectivity index (χ0n) is 9.49. The molecule has 3 rings (SSSR count). The molecule has 0 atom stereocenters. The second-order valence-corrected chi connectivity index (χ2v) is 3.84. The Hall–Kier alpha value is -3.25. The Balaban J connectivity index is 2.41. The minimum atomic E-state index is -0.0739. The van der Waals surface area contributed by atoms with E-state index in [-0.39, 0.29) is 17.1 Å².